The predicted octanol–water partition coefficient (Wildman–Crippen LogP) is 1.96. The average molecular weight is 256 g/mol. The average Bonchev–Trinajstić information content (AvgIpc) is 2.19. The van der Waals surface area contributed by atoms with E-state index >= 15 is 0 Å². The number of carbonyl (C=O) groups excluding carboxylic acids is 2. The van der Waals surface area contributed by atoms with Crippen molar-refractivity contribution < 1.29 is 19.5 Å². The molecule has 5 nitrogen and oxygen atoms in total. The third-order valence-electron chi connectivity index (χ3n) is 1.89. The normalized spacial score (nSPS) is 9.76. The second-order valence-corrected chi connectivity index (χ2v) is 3.83. The van der Waals surface area contributed by atoms with Crippen molar-refractivity contribution in [1.29, 1.82) is 0 Å². The number of nitrogens with one attached hydrogen (secondary N) is 1. The smallest absolute Gasteiger partial charge is 0.337 e. The van der Waals surface area contributed by atoms with Gasteiger partial charge in [-0.25, -0.2) is 4.79 Å². The first kappa shape index (κ1) is 13.2. The van der Waals surface area contributed by atoms with Crippen LogP contribution < -0.4 is 5.32 Å². The molecule has 1 rings (SSSR count). The Morgan fingerprint density at radius 2 is 2.00 bits per heavy atom. The summed E-state index contributed by atoms with van der Waals surface area (Å²) in [5.74, 6) is -1.94. The Labute approximate surface area is 102 Å². The zero-order valence-electron chi connectivity index (χ0n) is 8.99. The third-order valence-corrected chi connectivity index (χ3v) is 2.22. The van der Waals surface area contributed by atoms with Gasteiger partial charge in [-0.15, -0.1) is 0 Å². The van der Waals surface area contributed by atoms with Crippen LogP contribution in [0.2, 0.25) is 5.02 Å². The lowest BCUT2D eigenvalue weighted by Crippen LogP contribution is -2.15. The number of ketones is 1. The zero-order valence-corrected chi connectivity index (χ0v) is 9.75. The Balaban J connectivity index is 2.86. The molecule has 6 heteroatoms. The van der Waals surface area contributed by atoms with Crippen molar-refractivity contribution in [2.45, 2.75) is 13.3 Å². The number of rotatable bonds is 4. The van der Waals surface area contributed by atoms with Gasteiger partial charge in [-0.3, -0.25) is 9.59 Å². The number of anilines is 1. The van der Waals surface area contributed by atoms with E-state index in [1.165, 1.54) is 25.1 Å². The van der Waals surface area contributed by atoms with E-state index in [2.05, 4.69) is 5.32 Å². The Kier molecular flexibility index (Phi) is 4.23. The van der Waals surface area contributed by atoms with E-state index in [1.54, 1.807) is 0 Å². The zero-order chi connectivity index (χ0) is 13.0. The fourth-order valence-electron chi connectivity index (χ4n) is 1.20. The number of amides is 1. The van der Waals surface area contributed by atoms with Gasteiger partial charge < -0.3 is 10.4 Å². The van der Waals surface area contributed by atoms with Crippen molar-refractivity contribution in [2.24, 2.45) is 0 Å². The first-order valence-electron chi connectivity index (χ1n) is 4.72. The van der Waals surface area contributed by atoms with Crippen LogP contribution in [0, 0.1) is 0 Å². The second kappa shape index (κ2) is 5.45. The fourth-order valence-corrected chi connectivity index (χ4v) is 1.40. The van der Waals surface area contributed by atoms with Gasteiger partial charge in [-0.1, -0.05) is 11.6 Å². The van der Waals surface area contributed by atoms with Gasteiger partial charge >= 0.3 is 5.97 Å². The highest BCUT2D eigenvalue weighted by molar-refractivity contribution is 6.33. The van der Waals surface area contributed by atoms with E-state index in [0.29, 0.717) is 0 Å². The predicted molar refractivity (Wildman–Crippen MR) is 62.3 cm³/mol. The van der Waals surface area contributed by atoms with Crippen molar-refractivity contribution >= 4 is 34.9 Å². The van der Waals surface area contributed by atoms with Crippen molar-refractivity contribution in [3.63, 3.8) is 0 Å². The first-order chi connectivity index (χ1) is 7.90. The fraction of sp³-hybridized carbons (Fsp3) is 0.182. The first-order valence-corrected chi connectivity index (χ1v) is 5.10. The van der Waals surface area contributed by atoms with Gasteiger partial charge in [-0.05, 0) is 25.1 Å². The standard InChI is InChI=1S/C11H10ClNO4/c1-6(14)4-10(15)13-7-2-3-9(12)8(5-7)11(16)17/h2-3,5H,4H2,1H3,(H,13,15)(H,16,17). The number of carboxylic acids is 1. The van der Waals surface area contributed by atoms with Gasteiger partial charge in [0, 0.05) is 5.69 Å². The number of halogens is 1. The lowest BCUT2D eigenvalue weighted by Gasteiger charge is -2.06. The van der Waals surface area contributed by atoms with E-state index in [0.717, 1.165) is 0 Å². The Bertz CT molecular complexity index is 484. The highest BCUT2D eigenvalue weighted by Gasteiger charge is 2.11. The lowest BCUT2D eigenvalue weighted by molar-refractivity contribution is -0.124. The highest BCUT2D eigenvalue weighted by atomic mass is 35.5. The van der Waals surface area contributed by atoms with Gasteiger partial charge in [0.1, 0.15) is 5.78 Å². The minimum Gasteiger partial charge on any atom is -0.478 e. The third kappa shape index (κ3) is 3.88. The SMILES string of the molecule is CC(=O)CC(=O)Nc1ccc(Cl)c(C(=O)O)c1. The molecule has 0 saturated heterocycles. The van der Waals surface area contributed by atoms with E-state index in [1.807, 2.05) is 0 Å². The molecule has 0 bridgehead atoms. The number of hydrogen-bond acceptors (Lipinski definition) is 3. The van der Waals surface area contributed by atoms with E-state index in [-0.39, 0.29) is 28.5 Å². The number of aromatic carboxylic acids is 1. The molecule has 0 aliphatic carbocycles. The number of carbonyl (C=O) groups is 3. The molecule has 1 aromatic rings. The summed E-state index contributed by atoms with van der Waals surface area (Å²) in [5, 5.41) is 11.3. The van der Waals surface area contributed by atoms with Crippen LogP contribution in [-0.2, 0) is 9.59 Å². The van der Waals surface area contributed by atoms with Crippen LogP contribution in [0.4, 0.5) is 5.69 Å². The Morgan fingerprint density at radius 1 is 1.35 bits per heavy atom. The minimum atomic E-state index is -1.18. The largest absolute Gasteiger partial charge is 0.478 e. The summed E-state index contributed by atoms with van der Waals surface area (Å²) in [4.78, 5) is 32.8. The summed E-state index contributed by atoms with van der Waals surface area (Å²) in [7, 11) is 0. The van der Waals surface area contributed by atoms with Crippen LogP contribution >= 0.6 is 11.6 Å². The number of hydrogen-bond donors (Lipinski definition) is 2. The van der Waals surface area contributed by atoms with Crippen LogP contribution in [-0.4, -0.2) is 22.8 Å². The molecule has 0 aliphatic rings. The maximum atomic E-state index is 11.3. The molecule has 0 aromatic heterocycles. The van der Waals surface area contributed by atoms with Crippen LogP contribution in [0.1, 0.15) is 23.7 Å². The maximum Gasteiger partial charge on any atom is 0.337 e. The summed E-state index contributed by atoms with van der Waals surface area (Å²) in [6.45, 7) is 1.30. The maximum absolute atomic E-state index is 11.3. The molecule has 1 amide bonds. The molecule has 90 valence electrons. The molecule has 0 unspecified atom stereocenters. The summed E-state index contributed by atoms with van der Waals surface area (Å²) in [6.07, 6.45) is -0.245. The van der Waals surface area contributed by atoms with Crippen LogP contribution in [0.3, 0.4) is 0 Å². The number of benzene rings is 1. The van der Waals surface area contributed by atoms with E-state index < -0.39 is 11.9 Å². The summed E-state index contributed by atoms with van der Waals surface area (Å²) < 4.78 is 0. The Morgan fingerprint density at radius 3 is 2.53 bits per heavy atom. The van der Waals surface area contributed by atoms with Gasteiger partial charge in [0.15, 0.2) is 0 Å². The molecule has 17 heavy (non-hydrogen) atoms. The van der Waals surface area contributed by atoms with E-state index in [9.17, 15) is 14.4 Å². The quantitative estimate of drug-likeness (QED) is 0.806. The second-order valence-electron chi connectivity index (χ2n) is 3.43. The number of Topliss-reactive ketones (excluding diaryl/α,β-unsaturated/α-hetero) is 1. The molecule has 0 heterocycles. The summed E-state index contributed by atoms with van der Waals surface area (Å²) in [5.41, 5.74) is 0.186. The lowest BCUT2D eigenvalue weighted by atomic mass is 10.2. The van der Waals surface area contributed by atoms with Gasteiger partial charge in [0.25, 0.3) is 0 Å². The van der Waals surface area contributed by atoms with Gasteiger partial charge in [0.2, 0.25) is 5.91 Å². The van der Waals surface area contributed by atoms with Crippen molar-refractivity contribution in [3.05, 3.63) is 28.8 Å². The Hall–Kier alpha value is -1.88. The molecular weight excluding hydrogens is 246 g/mol. The topological polar surface area (TPSA) is 83.5 Å². The molecule has 0 spiro atoms. The summed E-state index contributed by atoms with van der Waals surface area (Å²) >= 11 is 5.66. The molecule has 0 saturated carbocycles. The number of carboxylic acid groups (broad SMARTS) is 1. The monoisotopic (exact) mass is 255 g/mol. The molecule has 0 aliphatic heterocycles. The minimum absolute atomic E-state index is 0.0852. The highest BCUT2D eigenvalue weighted by Crippen LogP contribution is 2.20. The molecular formula is C11H10ClNO4. The van der Waals surface area contributed by atoms with Gasteiger partial charge in [-0.2, -0.15) is 0 Å². The van der Waals surface area contributed by atoms with Crippen LogP contribution in [0.5, 0.6) is 0 Å². The van der Waals surface area contributed by atoms with Crippen LogP contribution in [0.15, 0.2) is 18.2 Å². The molecule has 0 fully saturated rings. The van der Waals surface area contributed by atoms with Crippen molar-refractivity contribution in [3.8, 4) is 0 Å². The van der Waals surface area contributed by atoms with Crippen LogP contribution in [0.25, 0.3) is 0 Å². The van der Waals surface area contributed by atoms with E-state index in [4.69, 9.17) is 16.7 Å². The molecule has 1 aromatic carbocycles. The summed E-state index contributed by atoms with van der Waals surface area (Å²) in [6, 6.07) is 4.07. The molecule has 2 N–H and O–H groups in total. The molecule has 0 atom stereocenters. The molecule has 0 radical (unpaired) electrons. The van der Waals surface area contributed by atoms with Gasteiger partial charge in [0.05, 0.1) is 17.0 Å². The van der Waals surface area contributed by atoms with Crippen molar-refractivity contribution in [1.82, 2.24) is 0 Å². The van der Waals surface area contributed by atoms with Crippen molar-refractivity contribution in [2.75, 3.05) is 5.32 Å².